The summed E-state index contributed by atoms with van der Waals surface area (Å²) < 4.78 is 68.2. The van der Waals surface area contributed by atoms with Gasteiger partial charge in [-0.1, -0.05) is 24.6 Å². The summed E-state index contributed by atoms with van der Waals surface area (Å²) >= 11 is 5.99. The van der Waals surface area contributed by atoms with Crippen molar-refractivity contribution in [2.45, 2.75) is 31.3 Å². The average molecular weight is 534 g/mol. The molecule has 1 N–H and O–H groups in total. The van der Waals surface area contributed by atoms with Crippen LogP contribution in [0.4, 0.5) is 13.2 Å². The molecule has 3 rings (SSSR count). The van der Waals surface area contributed by atoms with Crippen LogP contribution < -0.4 is 10.1 Å². The molecule has 1 amide bonds. The Hall–Kier alpha value is -2.34. The van der Waals surface area contributed by atoms with Gasteiger partial charge in [-0.3, -0.25) is 9.69 Å². The van der Waals surface area contributed by atoms with E-state index in [2.05, 4.69) is 15.0 Å². The van der Waals surface area contributed by atoms with Crippen molar-refractivity contribution < 1.29 is 31.1 Å². The van der Waals surface area contributed by atoms with E-state index in [1.807, 2.05) is 11.9 Å². The number of rotatable bonds is 8. The van der Waals surface area contributed by atoms with Crippen LogP contribution in [0.25, 0.3) is 0 Å². The Morgan fingerprint density at radius 2 is 1.77 bits per heavy atom. The van der Waals surface area contributed by atoms with Crippen molar-refractivity contribution >= 4 is 27.3 Å². The second-order valence-corrected chi connectivity index (χ2v) is 11.0. The molecule has 2 aromatic rings. The van der Waals surface area contributed by atoms with Crippen LogP contribution in [0.15, 0.2) is 41.3 Å². The zero-order valence-electron chi connectivity index (χ0n) is 19.4. The quantitative estimate of drug-likeness (QED) is 0.557. The third kappa shape index (κ3) is 7.57. The van der Waals surface area contributed by atoms with E-state index in [1.165, 1.54) is 37.3 Å². The molecule has 1 saturated heterocycles. The summed E-state index contributed by atoms with van der Waals surface area (Å²) in [6.45, 7) is 4.58. The molecular weight excluding hydrogens is 507 g/mol. The van der Waals surface area contributed by atoms with Crippen LogP contribution in [-0.4, -0.2) is 69.5 Å². The third-order valence-corrected chi connectivity index (χ3v) is 7.79. The number of nitrogens with zero attached hydrogens (tertiary/aromatic N) is 2. The van der Waals surface area contributed by atoms with Gasteiger partial charge in [0.05, 0.1) is 10.6 Å². The lowest BCUT2D eigenvalue weighted by molar-refractivity contribution is -0.275. The molecule has 1 aliphatic rings. The molecule has 192 valence electrons. The van der Waals surface area contributed by atoms with Crippen LogP contribution >= 0.6 is 11.6 Å². The van der Waals surface area contributed by atoms with E-state index in [4.69, 9.17) is 11.6 Å². The van der Waals surface area contributed by atoms with Gasteiger partial charge in [-0.05, 0) is 42.9 Å². The van der Waals surface area contributed by atoms with E-state index in [-0.39, 0.29) is 34.9 Å². The molecule has 1 fully saturated rings. The maximum Gasteiger partial charge on any atom is 0.573 e. The van der Waals surface area contributed by atoms with E-state index >= 15 is 0 Å². The van der Waals surface area contributed by atoms with Crippen molar-refractivity contribution in [2.24, 2.45) is 0 Å². The van der Waals surface area contributed by atoms with Gasteiger partial charge in [0.15, 0.2) is 9.84 Å². The van der Waals surface area contributed by atoms with Crippen molar-refractivity contribution in [2.75, 3.05) is 39.0 Å². The highest BCUT2D eigenvalue weighted by Gasteiger charge is 2.33. The largest absolute Gasteiger partial charge is 0.573 e. The molecule has 0 aromatic heterocycles. The normalized spacial score (nSPS) is 15.7. The summed E-state index contributed by atoms with van der Waals surface area (Å²) in [5, 5.41) is 2.85. The van der Waals surface area contributed by atoms with Gasteiger partial charge in [0.25, 0.3) is 5.91 Å². The number of piperazine rings is 1. The first-order valence-electron chi connectivity index (χ1n) is 11.0. The highest BCUT2D eigenvalue weighted by atomic mass is 35.5. The van der Waals surface area contributed by atoms with Crippen LogP contribution in [0.2, 0.25) is 5.02 Å². The SMILES string of the molecule is CCS(=O)(=O)c1ccc(Cl)cc1CNC(=O)c1ccc(CN2CCN(C)CC2)c(OC(F)(F)F)c1. The fraction of sp³-hybridized carbons (Fsp3) is 0.435. The van der Waals surface area contributed by atoms with Gasteiger partial charge in [0.1, 0.15) is 5.75 Å². The molecule has 0 aliphatic carbocycles. The predicted octanol–water partition coefficient (Wildman–Crippen LogP) is 3.71. The average Bonchev–Trinajstić information content (AvgIpc) is 2.79. The van der Waals surface area contributed by atoms with Crippen LogP contribution in [0.3, 0.4) is 0 Å². The van der Waals surface area contributed by atoms with E-state index in [0.29, 0.717) is 23.7 Å². The minimum atomic E-state index is -4.92. The van der Waals surface area contributed by atoms with Crippen LogP contribution in [-0.2, 0) is 22.9 Å². The molecular formula is C23H27ClF3N3O4S. The Kier molecular flexibility index (Phi) is 8.68. The van der Waals surface area contributed by atoms with Gasteiger partial charge in [-0.15, -0.1) is 13.2 Å². The van der Waals surface area contributed by atoms with E-state index in [0.717, 1.165) is 19.2 Å². The Bertz CT molecular complexity index is 1170. The maximum atomic E-state index is 13.1. The van der Waals surface area contributed by atoms with Gasteiger partial charge in [-0.2, -0.15) is 0 Å². The highest BCUT2D eigenvalue weighted by molar-refractivity contribution is 7.91. The smallest absolute Gasteiger partial charge is 0.405 e. The number of benzene rings is 2. The molecule has 0 bridgehead atoms. The van der Waals surface area contributed by atoms with Crippen molar-refractivity contribution in [3.8, 4) is 5.75 Å². The van der Waals surface area contributed by atoms with Crippen LogP contribution in [0.1, 0.15) is 28.4 Å². The number of carbonyl (C=O) groups is 1. The Labute approximate surface area is 207 Å². The first kappa shape index (κ1) is 27.3. The molecule has 0 saturated carbocycles. The molecule has 0 atom stereocenters. The Morgan fingerprint density at radius 3 is 2.40 bits per heavy atom. The highest BCUT2D eigenvalue weighted by Crippen LogP contribution is 2.29. The topological polar surface area (TPSA) is 79.0 Å². The van der Waals surface area contributed by atoms with Crippen LogP contribution in [0, 0.1) is 0 Å². The summed E-state index contributed by atoms with van der Waals surface area (Å²) in [7, 11) is -1.59. The van der Waals surface area contributed by atoms with Gasteiger partial charge in [0.2, 0.25) is 0 Å². The van der Waals surface area contributed by atoms with Gasteiger partial charge >= 0.3 is 6.36 Å². The maximum absolute atomic E-state index is 13.1. The summed E-state index contributed by atoms with van der Waals surface area (Å²) in [5.41, 5.74) is 0.550. The summed E-state index contributed by atoms with van der Waals surface area (Å²) in [6, 6.07) is 8.16. The number of nitrogens with one attached hydrogen (secondary N) is 1. The number of hydrogen-bond acceptors (Lipinski definition) is 6. The molecule has 0 spiro atoms. The lowest BCUT2D eigenvalue weighted by Gasteiger charge is -2.32. The monoisotopic (exact) mass is 533 g/mol. The fourth-order valence-electron chi connectivity index (χ4n) is 3.72. The van der Waals surface area contributed by atoms with E-state index in [1.54, 1.807) is 0 Å². The van der Waals surface area contributed by atoms with Gasteiger partial charge < -0.3 is 15.0 Å². The standard InChI is InChI=1S/C23H27ClF3N3O4S/c1-3-35(32,33)21-7-6-19(24)12-18(21)14-28-22(31)16-4-5-17(20(13-16)34-23(25,26)27)15-30-10-8-29(2)9-11-30/h4-7,12-13H,3,8-11,14-15H2,1-2H3,(H,28,31). The first-order chi connectivity index (χ1) is 16.4. The number of ether oxygens (including phenoxy) is 1. The predicted molar refractivity (Wildman–Crippen MR) is 126 cm³/mol. The molecule has 12 heteroatoms. The molecule has 0 unspecified atom stereocenters. The molecule has 0 radical (unpaired) electrons. The second kappa shape index (κ2) is 11.2. The molecule has 1 heterocycles. The van der Waals surface area contributed by atoms with Crippen molar-refractivity contribution in [1.29, 1.82) is 0 Å². The molecule has 2 aromatic carbocycles. The molecule has 7 nitrogen and oxygen atoms in total. The fourth-order valence-corrected chi connectivity index (χ4v) is 5.03. The Morgan fingerprint density at radius 1 is 1.09 bits per heavy atom. The number of halogens is 4. The number of amides is 1. The summed E-state index contributed by atoms with van der Waals surface area (Å²) in [6.07, 6.45) is -4.92. The van der Waals surface area contributed by atoms with Crippen molar-refractivity contribution in [3.63, 3.8) is 0 Å². The zero-order chi connectivity index (χ0) is 25.8. The minimum absolute atomic E-state index is 0.0355. The molecule has 1 aliphatic heterocycles. The number of alkyl halides is 3. The Balaban J connectivity index is 1.80. The van der Waals surface area contributed by atoms with Crippen molar-refractivity contribution in [1.82, 2.24) is 15.1 Å². The van der Waals surface area contributed by atoms with E-state index < -0.39 is 27.9 Å². The summed E-state index contributed by atoms with van der Waals surface area (Å²) in [5.74, 6) is -1.26. The number of hydrogen-bond donors (Lipinski definition) is 1. The lowest BCUT2D eigenvalue weighted by Crippen LogP contribution is -2.44. The lowest BCUT2D eigenvalue weighted by atomic mass is 10.1. The number of sulfone groups is 1. The van der Waals surface area contributed by atoms with Crippen LogP contribution in [0.5, 0.6) is 5.75 Å². The first-order valence-corrected chi connectivity index (χ1v) is 13.0. The summed E-state index contributed by atoms with van der Waals surface area (Å²) in [4.78, 5) is 16.9. The van der Waals surface area contributed by atoms with Crippen molar-refractivity contribution in [3.05, 3.63) is 58.1 Å². The number of carbonyl (C=O) groups excluding carboxylic acids is 1. The van der Waals surface area contributed by atoms with E-state index in [9.17, 15) is 26.4 Å². The molecule has 35 heavy (non-hydrogen) atoms. The van der Waals surface area contributed by atoms with Gasteiger partial charge in [-0.25, -0.2) is 8.42 Å². The number of likely N-dealkylation sites (N-methyl/N-ethyl adjacent to an activating group) is 1. The zero-order valence-corrected chi connectivity index (χ0v) is 20.9. The minimum Gasteiger partial charge on any atom is -0.405 e. The van der Waals surface area contributed by atoms with Gasteiger partial charge in [0, 0.05) is 55.4 Å². The second-order valence-electron chi connectivity index (χ2n) is 8.29. The third-order valence-electron chi connectivity index (χ3n) is 5.72.